The lowest BCUT2D eigenvalue weighted by molar-refractivity contribution is 0.0469. The maximum Gasteiger partial charge on any atom is 0.251 e. The van der Waals surface area contributed by atoms with Crippen LogP contribution in [0.4, 0.5) is 0 Å². The molecule has 1 aromatic carbocycles. The first-order valence-electron chi connectivity index (χ1n) is 6.12. The standard InChI is InChI=1S/C14H20BrNO2/c1-4-7-14(3,18)9-16-13(17)12-8-11(15)6-5-10(12)2/h5-6,8,18H,4,7,9H2,1-3H3,(H,16,17). The van der Waals surface area contributed by atoms with Crippen LogP contribution in [0.1, 0.15) is 42.6 Å². The summed E-state index contributed by atoms with van der Waals surface area (Å²) in [5.74, 6) is -0.148. The van der Waals surface area contributed by atoms with E-state index in [4.69, 9.17) is 0 Å². The van der Waals surface area contributed by atoms with Gasteiger partial charge < -0.3 is 10.4 Å². The lowest BCUT2D eigenvalue weighted by atomic mass is 10.0. The van der Waals surface area contributed by atoms with Crippen molar-refractivity contribution in [3.63, 3.8) is 0 Å². The lowest BCUT2D eigenvalue weighted by Crippen LogP contribution is -2.40. The Balaban J connectivity index is 2.69. The molecule has 0 heterocycles. The summed E-state index contributed by atoms with van der Waals surface area (Å²) in [6.45, 7) is 5.91. The van der Waals surface area contributed by atoms with Crippen LogP contribution in [-0.4, -0.2) is 23.2 Å². The third-order valence-electron chi connectivity index (χ3n) is 2.86. The fourth-order valence-corrected chi connectivity index (χ4v) is 2.19. The average Bonchev–Trinajstić information content (AvgIpc) is 2.29. The van der Waals surface area contributed by atoms with Gasteiger partial charge in [0.2, 0.25) is 0 Å². The van der Waals surface area contributed by atoms with Gasteiger partial charge in [0.05, 0.1) is 5.60 Å². The highest BCUT2D eigenvalue weighted by Crippen LogP contribution is 2.16. The van der Waals surface area contributed by atoms with Gasteiger partial charge in [-0.05, 0) is 38.0 Å². The van der Waals surface area contributed by atoms with Gasteiger partial charge in [-0.25, -0.2) is 0 Å². The van der Waals surface area contributed by atoms with Gasteiger partial charge in [-0.15, -0.1) is 0 Å². The number of rotatable bonds is 5. The zero-order valence-electron chi connectivity index (χ0n) is 11.1. The van der Waals surface area contributed by atoms with Crippen LogP contribution >= 0.6 is 15.9 Å². The van der Waals surface area contributed by atoms with Gasteiger partial charge in [-0.3, -0.25) is 4.79 Å². The zero-order chi connectivity index (χ0) is 13.8. The second-order valence-corrected chi connectivity index (χ2v) is 5.80. The molecule has 18 heavy (non-hydrogen) atoms. The highest BCUT2D eigenvalue weighted by molar-refractivity contribution is 9.10. The Morgan fingerprint density at radius 1 is 1.50 bits per heavy atom. The number of benzene rings is 1. The molecule has 2 N–H and O–H groups in total. The zero-order valence-corrected chi connectivity index (χ0v) is 12.7. The van der Waals surface area contributed by atoms with Crippen molar-refractivity contribution in [3.8, 4) is 0 Å². The van der Waals surface area contributed by atoms with Crippen LogP contribution in [0.2, 0.25) is 0 Å². The van der Waals surface area contributed by atoms with E-state index in [9.17, 15) is 9.90 Å². The molecule has 0 bridgehead atoms. The Morgan fingerprint density at radius 3 is 2.78 bits per heavy atom. The lowest BCUT2D eigenvalue weighted by Gasteiger charge is -2.23. The van der Waals surface area contributed by atoms with Crippen molar-refractivity contribution in [1.29, 1.82) is 0 Å². The molecule has 3 nitrogen and oxygen atoms in total. The number of hydrogen-bond donors (Lipinski definition) is 2. The molecule has 0 aliphatic rings. The van der Waals surface area contributed by atoms with Crippen LogP contribution in [0.3, 0.4) is 0 Å². The second-order valence-electron chi connectivity index (χ2n) is 4.89. The molecule has 1 atom stereocenters. The van der Waals surface area contributed by atoms with Gasteiger partial charge >= 0.3 is 0 Å². The van der Waals surface area contributed by atoms with E-state index in [2.05, 4.69) is 21.2 Å². The van der Waals surface area contributed by atoms with Gasteiger partial charge in [0, 0.05) is 16.6 Å². The molecular weight excluding hydrogens is 294 g/mol. The number of aryl methyl sites for hydroxylation is 1. The van der Waals surface area contributed by atoms with Gasteiger partial charge in [0.15, 0.2) is 0 Å². The summed E-state index contributed by atoms with van der Waals surface area (Å²) < 4.78 is 0.874. The minimum Gasteiger partial charge on any atom is -0.388 e. The monoisotopic (exact) mass is 313 g/mol. The number of hydrogen-bond acceptors (Lipinski definition) is 2. The summed E-state index contributed by atoms with van der Waals surface area (Å²) in [5.41, 5.74) is 0.715. The van der Waals surface area contributed by atoms with E-state index >= 15 is 0 Å². The predicted octanol–water partition coefficient (Wildman–Crippen LogP) is 3.04. The summed E-state index contributed by atoms with van der Waals surface area (Å²) >= 11 is 3.35. The molecule has 0 spiro atoms. The van der Waals surface area contributed by atoms with E-state index in [1.807, 2.05) is 26.0 Å². The van der Waals surface area contributed by atoms with Gasteiger partial charge in [0.25, 0.3) is 5.91 Å². The van der Waals surface area contributed by atoms with E-state index in [0.717, 1.165) is 16.5 Å². The number of carbonyl (C=O) groups excluding carboxylic acids is 1. The molecule has 0 aromatic heterocycles. The fraction of sp³-hybridized carbons (Fsp3) is 0.500. The van der Waals surface area contributed by atoms with Crippen molar-refractivity contribution in [3.05, 3.63) is 33.8 Å². The predicted molar refractivity (Wildman–Crippen MR) is 76.7 cm³/mol. The van der Waals surface area contributed by atoms with Crippen LogP contribution in [0, 0.1) is 6.92 Å². The van der Waals surface area contributed by atoms with Crippen LogP contribution < -0.4 is 5.32 Å². The highest BCUT2D eigenvalue weighted by atomic mass is 79.9. The third kappa shape index (κ3) is 4.42. The summed E-state index contributed by atoms with van der Waals surface area (Å²) in [7, 11) is 0. The van der Waals surface area contributed by atoms with E-state index < -0.39 is 5.60 Å². The highest BCUT2D eigenvalue weighted by Gasteiger charge is 2.20. The maximum atomic E-state index is 12.0. The molecule has 0 aliphatic heterocycles. The molecule has 0 aliphatic carbocycles. The Kier molecular flexibility index (Phi) is 5.35. The van der Waals surface area contributed by atoms with Crippen molar-refractivity contribution in [2.45, 2.75) is 39.2 Å². The smallest absolute Gasteiger partial charge is 0.251 e. The summed E-state index contributed by atoms with van der Waals surface area (Å²) in [6, 6.07) is 5.59. The minimum absolute atomic E-state index is 0.148. The minimum atomic E-state index is -0.843. The van der Waals surface area contributed by atoms with Crippen molar-refractivity contribution in [1.82, 2.24) is 5.32 Å². The Hall–Kier alpha value is -0.870. The number of nitrogens with one attached hydrogen (secondary N) is 1. The molecule has 1 unspecified atom stereocenters. The van der Waals surface area contributed by atoms with Crippen LogP contribution in [0.15, 0.2) is 22.7 Å². The molecule has 100 valence electrons. The Morgan fingerprint density at radius 2 is 2.17 bits per heavy atom. The number of halogens is 1. The van der Waals surface area contributed by atoms with Gasteiger partial charge in [0.1, 0.15) is 0 Å². The van der Waals surface area contributed by atoms with Crippen molar-refractivity contribution < 1.29 is 9.90 Å². The summed E-state index contributed by atoms with van der Waals surface area (Å²) in [6.07, 6.45) is 1.56. The summed E-state index contributed by atoms with van der Waals surface area (Å²) in [5, 5.41) is 12.8. The quantitative estimate of drug-likeness (QED) is 0.877. The summed E-state index contributed by atoms with van der Waals surface area (Å²) in [4.78, 5) is 12.0. The maximum absolute atomic E-state index is 12.0. The SMILES string of the molecule is CCCC(C)(O)CNC(=O)c1cc(Br)ccc1C. The normalized spacial score (nSPS) is 14.1. The first-order valence-corrected chi connectivity index (χ1v) is 6.92. The molecule has 0 fully saturated rings. The molecule has 0 saturated heterocycles. The first-order chi connectivity index (χ1) is 8.35. The van der Waals surface area contributed by atoms with Gasteiger partial charge in [-0.2, -0.15) is 0 Å². The molecule has 1 amide bonds. The average molecular weight is 314 g/mol. The van der Waals surface area contributed by atoms with Crippen molar-refractivity contribution in [2.75, 3.05) is 6.54 Å². The van der Waals surface area contributed by atoms with Crippen LogP contribution in [0.25, 0.3) is 0 Å². The third-order valence-corrected chi connectivity index (χ3v) is 3.36. The van der Waals surface area contributed by atoms with Crippen LogP contribution in [-0.2, 0) is 0 Å². The van der Waals surface area contributed by atoms with Crippen molar-refractivity contribution >= 4 is 21.8 Å². The first kappa shape index (κ1) is 15.2. The molecule has 4 heteroatoms. The Labute approximate surface area is 117 Å². The van der Waals surface area contributed by atoms with E-state index in [1.165, 1.54) is 0 Å². The van der Waals surface area contributed by atoms with Crippen LogP contribution in [0.5, 0.6) is 0 Å². The number of aliphatic hydroxyl groups is 1. The Bertz CT molecular complexity index is 430. The fourth-order valence-electron chi connectivity index (χ4n) is 1.83. The van der Waals surface area contributed by atoms with E-state index in [-0.39, 0.29) is 12.5 Å². The second kappa shape index (κ2) is 6.34. The largest absolute Gasteiger partial charge is 0.388 e. The topological polar surface area (TPSA) is 49.3 Å². The van der Waals surface area contributed by atoms with E-state index in [1.54, 1.807) is 13.0 Å². The van der Waals surface area contributed by atoms with Gasteiger partial charge in [-0.1, -0.05) is 35.3 Å². The van der Waals surface area contributed by atoms with E-state index in [0.29, 0.717) is 12.0 Å². The molecule has 1 rings (SSSR count). The number of carbonyl (C=O) groups is 1. The molecule has 1 aromatic rings. The van der Waals surface area contributed by atoms with Crippen molar-refractivity contribution in [2.24, 2.45) is 0 Å². The molecule has 0 saturated carbocycles. The molecule has 0 radical (unpaired) electrons. The molecular formula is C14H20BrNO2. The number of amides is 1.